The van der Waals surface area contributed by atoms with Crippen LogP contribution in [0.3, 0.4) is 0 Å². The molecule has 4 rings (SSSR count). The first kappa shape index (κ1) is 17.4. The number of carbonyl (C=O) groups excluding carboxylic acids is 2. The third-order valence-corrected chi connectivity index (χ3v) is 5.10. The molecular weight excluding hydrogens is 348 g/mol. The Hall–Kier alpha value is -3.00. The van der Waals surface area contributed by atoms with E-state index in [0.29, 0.717) is 17.2 Å². The molecule has 0 aliphatic carbocycles. The Bertz CT molecular complexity index is 863. The maximum atomic E-state index is 12.3. The van der Waals surface area contributed by atoms with Crippen LogP contribution >= 0.6 is 0 Å². The van der Waals surface area contributed by atoms with Gasteiger partial charge in [-0.2, -0.15) is 0 Å². The third-order valence-electron chi connectivity index (χ3n) is 5.10. The second kappa shape index (κ2) is 7.32. The van der Waals surface area contributed by atoms with Gasteiger partial charge in [0.1, 0.15) is 6.04 Å². The molecule has 2 aliphatic rings. The number of benzene rings is 1. The summed E-state index contributed by atoms with van der Waals surface area (Å²) < 4.78 is 12.6. The largest absolute Gasteiger partial charge is 0.454 e. The summed E-state index contributed by atoms with van der Waals surface area (Å²) in [6.45, 7) is 1.36. The Balaban J connectivity index is 1.32. The van der Waals surface area contributed by atoms with Crippen LogP contribution in [0.25, 0.3) is 0 Å². The van der Waals surface area contributed by atoms with Crippen molar-refractivity contribution in [3.8, 4) is 11.5 Å². The number of hydrogen-bond donors (Lipinski definition) is 3. The van der Waals surface area contributed by atoms with E-state index >= 15 is 0 Å². The summed E-state index contributed by atoms with van der Waals surface area (Å²) in [7, 11) is 2.02. The number of nitrogens with zero attached hydrogens (tertiary/aromatic N) is 1. The maximum absolute atomic E-state index is 12.3. The van der Waals surface area contributed by atoms with E-state index in [-0.39, 0.29) is 25.3 Å². The first-order valence-corrected chi connectivity index (χ1v) is 9.06. The fraction of sp³-hybridized carbons (Fsp3) is 0.368. The Morgan fingerprint density at radius 1 is 1.26 bits per heavy atom. The number of imide groups is 1. The molecule has 8 heteroatoms. The zero-order valence-electron chi connectivity index (χ0n) is 15.2. The van der Waals surface area contributed by atoms with Gasteiger partial charge in [-0.3, -0.25) is 10.1 Å². The molecule has 3 heterocycles. The van der Waals surface area contributed by atoms with E-state index in [1.54, 1.807) is 18.2 Å². The molecule has 1 aromatic carbocycles. The van der Waals surface area contributed by atoms with Crippen LogP contribution in [-0.2, 0) is 11.8 Å². The molecule has 3 amide bonds. The number of rotatable bonds is 4. The summed E-state index contributed by atoms with van der Waals surface area (Å²) in [5, 5.41) is 5.07. The molecule has 2 atom stereocenters. The molecule has 2 aromatic rings. The van der Waals surface area contributed by atoms with E-state index in [1.807, 2.05) is 19.3 Å². The van der Waals surface area contributed by atoms with Crippen molar-refractivity contribution < 1.29 is 24.0 Å². The van der Waals surface area contributed by atoms with Gasteiger partial charge < -0.3 is 24.3 Å². The Morgan fingerprint density at radius 2 is 2.11 bits per heavy atom. The summed E-state index contributed by atoms with van der Waals surface area (Å²) in [5.41, 5.74) is 1.76. The van der Waals surface area contributed by atoms with Gasteiger partial charge in [-0.25, -0.2) is 4.79 Å². The highest BCUT2D eigenvalue weighted by molar-refractivity contribution is 6.01. The number of anilines is 1. The van der Waals surface area contributed by atoms with Gasteiger partial charge in [-0.1, -0.05) is 0 Å². The molecule has 3 N–H and O–H groups in total. The molecule has 142 valence electrons. The Kier molecular flexibility index (Phi) is 4.72. The molecule has 0 radical (unpaired) electrons. The lowest BCUT2D eigenvalue weighted by Crippen LogP contribution is -3.11. The van der Waals surface area contributed by atoms with E-state index in [1.165, 1.54) is 10.6 Å². The predicted octanol–water partition coefficient (Wildman–Crippen LogP) is 0.822. The van der Waals surface area contributed by atoms with Crippen molar-refractivity contribution in [1.82, 2.24) is 9.88 Å². The number of aromatic nitrogens is 1. The van der Waals surface area contributed by atoms with Crippen molar-refractivity contribution in [1.29, 1.82) is 0 Å². The van der Waals surface area contributed by atoms with Gasteiger partial charge >= 0.3 is 6.03 Å². The maximum Gasteiger partial charge on any atom is 0.326 e. The fourth-order valence-corrected chi connectivity index (χ4v) is 3.83. The second-order valence-corrected chi connectivity index (χ2v) is 6.89. The van der Waals surface area contributed by atoms with Gasteiger partial charge in [0.25, 0.3) is 5.91 Å². The van der Waals surface area contributed by atoms with Crippen molar-refractivity contribution in [3.05, 3.63) is 42.2 Å². The van der Waals surface area contributed by atoms with Crippen LogP contribution in [0, 0.1) is 0 Å². The Labute approximate surface area is 157 Å². The number of hydrogen-bond acceptors (Lipinski definition) is 4. The molecule has 0 bridgehead atoms. The topological polar surface area (TPSA) is 86.0 Å². The molecule has 27 heavy (non-hydrogen) atoms. The zero-order chi connectivity index (χ0) is 18.8. The van der Waals surface area contributed by atoms with Crippen LogP contribution in [0.4, 0.5) is 10.5 Å². The summed E-state index contributed by atoms with van der Waals surface area (Å²) in [6, 6.07) is 8.95. The van der Waals surface area contributed by atoms with Crippen molar-refractivity contribution in [3.63, 3.8) is 0 Å². The first-order chi connectivity index (χ1) is 13.1. The van der Waals surface area contributed by atoms with Crippen LogP contribution in [0.1, 0.15) is 24.6 Å². The van der Waals surface area contributed by atoms with Crippen LogP contribution in [0.2, 0.25) is 0 Å². The number of quaternary nitrogens is 1. The number of aryl methyl sites for hydroxylation is 1. The predicted molar refractivity (Wildman–Crippen MR) is 97.8 cm³/mol. The van der Waals surface area contributed by atoms with Crippen molar-refractivity contribution in [2.45, 2.75) is 18.9 Å². The number of likely N-dealkylation sites (tertiary alicyclic amines) is 1. The zero-order valence-corrected chi connectivity index (χ0v) is 15.2. The summed E-state index contributed by atoms with van der Waals surface area (Å²) in [5.74, 6) is 0.928. The molecular formula is C19H23N4O4+. The number of ether oxygens (including phenoxy) is 2. The van der Waals surface area contributed by atoms with Crippen molar-refractivity contribution in [2.24, 2.45) is 7.05 Å². The lowest BCUT2D eigenvalue weighted by molar-refractivity contribution is -0.911. The highest BCUT2D eigenvalue weighted by Gasteiger charge is 2.33. The second-order valence-electron chi connectivity index (χ2n) is 6.89. The van der Waals surface area contributed by atoms with E-state index in [4.69, 9.17) is 9.47 Å². The molecule has 8 nitrogen and oxygen atoms in total. The third kappa shape index (κ3) is 3.75. The van der Waals surface area contributed by atoms with Gasteiger partial charge in [0.2, 0.25) is 6.79 Å². The normalized spacial score (nSPS) is 20.5. The minimum absolute atomic E-state index is 0.171. The van der Waals surface area contributed by atoms with Crippen LogP contribution < -0.4 is 25.0 Å². The fourth-order valence-electron chi connectivity index (χ4n) is 3.83. The smallest absolute Gasteiger partial charge is 0.326 e. The average molecular weight is 371 g/mol. The van der Waals surface area contributed by atoms with Gasteiger partial charge in [-0.15, -0.1) is 0 Å². The lowest BCUT2D eigenvalue weighted by atomic mass is 10.1. The van der Waals surface area contributed by atoms with Crippen LogP contribution in [-0.4, -0.2) is 36.4 Å². The van der Waals surface area contributed by atoms with E-state index in [0.717, 1.165) is 19.4 Å². The van der Waals surface area contributed by atoms with Crippen molar-refractivity contribution >= 4 is 17.6 Å². The summed E-state index contributed by atoms with van der Waals surface area (Å²) in [4.78, 5) is 25.7. The number of fused-ring (bicyclic) bond motifs is 1. The van der Waals surface area contributed by atoms with E-state index in [2.05, 4.69) is 21.3 Å². The number of amides is 3. The quantitative estimate of drug-likeness (QED) is 0.743. The number of carbonyl (C=O) groups is 2. The lowest BCUT2D eigenvalue weighted by Gasteiger charge is -2.21. The summed E-state index contributed by atoms with van der Waals surface area (Å²) in [6.07, 6.45) is 4.13. The highest BCUT2D eigenvalue weighted by atomic mass is 16.7. The molecule has 0 spiro atoms. The van der Waals surface area contributed by atoms with Gasteiger partial charge in [0.05, 0.1) is 12.2 Å². The molecule has 2 aliphatic heterocycles. The average Bonchev–Trinajstić information content (AvgIpc) is 3.35. The Morgan fingerprint density at radius 3 is 2.93 bits per heavy atom. The van der Waals surface area contributed by atoms with E-state index in [9.17, 15) is 9.59 Å². The van der Waals surface area contributed by atoms with E-state index < -0.39 is 6.03 Å². The molecule has 0 saturated carbocycles. The van der Waals surface area contributed by atoms with Crippen molar-refractivity contribution in [2.75, 3.05) is 25.2 Å². The van der Waals surface area contributed by atoms with Gasteiger partial charge in [0.15, 0.2) is 18.0 Å². The molecule has 1 aromatic heterocycles. The standard InChI is InChI=1S/C19H22N4O4/c1-22-8-2-4-14(22)15-5-3-9-23(15)11-18(24)21-19(25)20-13-6-7-16-17(10-13)27-12-26-16/h2,4,6-8,10,15H,3,5,9,11-12H2,1H3,(H2,20,21,24,25)/p+1/t15-/m1/s1. The number of nitrogens with one attached hydrogen (secondary N) is 3. The first-order valence-electron chi connectivity index (χ1n) is 9.06. The minimum Gasteiger partial charge on any atom is -0.454 e. The summed E-state index contributed by atoms with van der Waals surface area (Å²) >= 11 is 0. The SMILES string of the molecule is Cn1cccc1[C@H]1CCC[NH+]1CC(=O)NC(=O)Nc1ccc2c(c1)OCO2. The van der Waals surface area contributed by atoms with Gasteiger partial charge in [0, 0.05) is 37.8 Å². The minimum atomic E-state index is -0.548. The molecule has 1 unspecified atom stereocenters. The monoisotopic (exact) mass is 371 g/mol. The molecule has 1 saturated heterocycles. The van der Waals surface area contributed by atoms with Gasteiger partial charge in [-0.05, 0) is 24.3 Å². The highest BCUT2D eigenvalue weighted by Crippen LogP contribution is 2.34. The van der Waals surface area contributed by atoms with Crippen LogP contribution in [0.5, 0.6) is 11.5 Å². The molecule has 1 fully saturated rings. The van der Waals surface area contributed by atoms with Crippen LogP contribution in [0.15, 0.2) is 36.5 Å². The number of urea groups is 1.